The lowest BCUT2D eigenvalue weighted by Crippen LogP contribution is -2.24. The van der Waals surface area contributed by atoms with Gasteiger partial charge in [0.1, 0.15) is 5.01 Å². The van der Waals surface area contributed by atoms with Crippen LogP contribution in [0.4, 0.5) is 5.69 Å². The maximum absolute atomic E-state index is 6.08. The highest BCUT2D eigenvalue weighted by molar-refractivity contribution is 14.0. The summed E-state index contributed by atoms with van der Waals surface area (Å²) < 4.78 is 0. The van der Waals surface area contributed by atoms with Gasteiger partial charge >= 0.3 is 0 Å². The lowest BCUT2D eigenvalue weighted by molar-refractivity contribution is 0.821. The summed E-state index contributed by atoms with van der Waals surface area (Å²) in [6, 6.07) is 6.36. The summed E-state index contributed by atoms with van der Waals surface area (Å²) >= 11 is 1.64. The summed E-state index contributed by atoms with van der Waals surface area (Å²) in [5.41, 5.74) is 10.8. The van der Waals surface area contributed by atoms with E-state index in [4.69, 9.17) is 5.73 Å². The van der Waals surface area contributed by atoms with Gasteiger partial charge in [-0.05, 0) is 29.9 Å². The van der Waals surface area contributed by atoms with E-state index in [0.717, 1.165) is 29.2 Å². The molecule has 0 amide bonds. The van der Waals surface area contributed by atoms with Gasteiger partial charge in [-0.2, -0.15) is 0 Å². The lowest BCUT2D eigenvalue weighted by Gasteiger charge is -2.14. The van der Waals surface area contributed by atoms with Crippen LogP contribution in [0.2, 0.25) is 0 Å². The summed E-state index contributed by atoms with van der Waals surface area (Å²) in [4.78, 5) is 9.03. The third kappa shape index (κ3) is 5.44. The molecule has 0 unspecified atom stereocenters. The highest BCUT2D eigenvalue weighted by Gasteiger charge is 2.08. The molecule has 0 atom stereocenters. The van der Waals surface area contributed by atoms with Crippen molar-refractivity contribution in [1.29, 1.82) is 0 Å². The SMILES string of the molecule is CCc1cccc(CC)c1NC(N)=NCc1nc(C(C)C)cs1.I. The van der Waals surface area contributed by atoms with Crippen molar-refractivity contribution in [2.45, 2.75) is 53.0 Å². The van der Waals surface area contributed by atoms with Crippen LogP contribution in [0.3, 0.4) is 0 Å². The fraction of sp³-hybridized carbons (Fsp3) is 0.444. The Morgan fingerprint density at radius 3 is 2.38 bits per heavy atom. The number of aliphatic imine (C=N–C) groups is 1. The van der Waals surface area contributed by atoms with Crippen LogP contribution in [-0.2, 0) is 19.4 Å². The van der Waals surface area contributed by atoms with Gasteiger partial charge in [-0.3, -0.25) is 0 Å². The summed E-state index contributed by atoms with van der Waals surface area (Å²) in [5.74, 6) is 0.893. The number of aromatic nitrogens is 1. The Labute approximate surface area is 166 Å². The van der Waals surface area contributed by atoms with Gasteiger partial charge in [0.2, 0.25) is 0 Å². The van der Waals surface area contributed by atoms with Crippen molar-refractivity contribution in [1.82, 2.24) is 4.98 Å². The molecule has 24 heavy (non-hydrogen) atoms. The molecule has 2 aromatic rings. The first kappa shape index (κ1) is 20.9. The van der Waals surface area contributed by atoms with Gasteiger partial charge < -0.3 is 11.1 Å². The highest BCUT2D eigenvalue weighted by atomic mass is 127. The zero-order valence-corrected chi connectivity index (χ0v) is 17.9. The second-order valence-electron chi connectivity index (χ2n) is 5.81. The molecule has 1 aromatic heterocycles. The smallest absolute Gasteiger partial charge is 0.193 e. The molecule has 0 aliphatic rings. The number of nitrogens with one attached hydrogen (secondary N) is 1. The molecule has 4 nitrogen and oxygen atoms in total. The number of para-hydroxylation sites is 1. The lowest BCUT2D eigenvalue weighted by atomic mass is 10.0. The van der Waals surface area contributed by atoms with Crippen LogP contribution >= 0.6 is 35.3 Å². The molecule has 0 aliphatic heterocycles. The van der Waals surface area contributed by atoms with E-state index in [9.17, 15) is 0 Å². The number of benzene rings is 1. The summed E-state index contributed by atoms with van der Waals surface area (Å²) in [7, 11) is 0. The minimum Gasteiger partial charge on any atom is -0.370 e. The van der Waals surface area contributed by atoms with Crippen molar-refractivity contribution in [3.05, 3.63) is 45.4 Å². The third-order valence-electron chi connectivity index (χ3n) is 3.80. The summed E-state index contributed by atoms with van der Waals surface area (Å²) in [6.45, 7) is 9.11. The van der Waals surface area contributed by atoms with Crippen molar-refractivity contribution in [3.63, 3.8) is 0 Å². The van der Waals surface area contributed by atoms with Crippen LogP contribution in [0.5, 0.6) is 0 Å². The van der Waals surface area contributed by atoms with Crippen molar-refractivity contribution < 1.29 is 0 Å². The van der Waals surface area contributed by atoms with Crippen LogP contribution in [0.15, 0.2) is 28.6 Å². The Morgan fingerprint density at radius 2 is 1.88 bits per heavy atom. The molecule has 0 radical (unpaired) electrons. The number of guanidine groups is 1. The summed E-state index contributed by atoms with van der Waals surface area (Å²) in [5, 5.41) is 6.38. The second-order valence-corrected chi connectivity index (χ2v) is 6.75. The number of hydrogen-bond acceptors (Lipinski definition) is 3. The topological polar surface area (TPSA) is 63.3 Å². The number of rotatable bonds is 6. The molecule has 6 heteroatoms. The minimum absolute atomic E-state index is 0. The van der Waals surface area contributed by atoms with Crippen LogP contribution in [0.25, 0.3) is 0 Å². The van der Waals surface area contributed by atoms with Gasteiger partial charge in [-0.1, -0.05) is 45.9 Å². The fourth-order valence-corrected chi connectivity index (χ4v) is 3.27. The number of aryl methyl sites for hydroxylation is 2. The first-order chi connectivity index (χ1) is 11.0. The molecule has 132 valence electrons. The van der Waals surface area contributed by atoms with Crippen molar-refractivity contribution >= 4 is 47.0 Å². The molecule has 0 bridgehead atoms. The van der Waals surface area contributed by atoms with Gasteiger partial charge in [-0.15, -0.1) is 35.3 Å². The summed E-state index contributed by atoms with van der Waals surface area (Å²) in [6.07, 6.45) is 1.93. The van der Waals surface area contributed by atoms with Gasteiger partial charge in [0, 0.05) is 11.1 Å². The molecule has 0 fully saturated rings. The maximum atomic E-state index is 6.08. The van der Waals surface area contributed by atoms with Crippen molar-refractivity contribution in [2.75, 3.05) is 5.32 Å². The van der Waals surface area contributed by atoms with Gasteiger partial charge in [0.15, 0.2) is 5.96 Å². The largest absolute Gasteiger partial charge is 0.370 e. The van der Waals surface area contributed by atoms with E-state index >= 15 is 0 Å². The average molecular weight is 458 g/mol. The van der Waals surface area contributed by atoms with E-state index < -0.39 is 0 Å². The Bertz CT molecular complexity index is 657. The molecular formula is C18H27IN4S. The zero-order valence-electron chi connectivity index (χ0n) is 14.8. The van der Waals surface area contributed by atoms with E-state index in [0.29, 0.717) is 18.4 Å². The Morgan fingerprint density at radius 1 is 1.25 bits per heavy atom. The first-order valence-electron chi connectivity index (χ1n) is 8.17. The molecule has 1 heterocycles. The van der Waals surface area contributed by atoms with Crippen LogP contribution in [-0.4, -0.2) is 10.9 Å². The standard InChI is InChI=1S/C18H26N4S.HI/c1-5-13-8-7-9-14(6-2)17(13)22-18(19)20-10-16-21-15(11-23-16)12(3)4;/h7-9,11-12H,5-6,10H2,1-4H3,(H3,19,20,22);1H. The molecular weight excluding hydrogens is 431 g/mol. The normalized spacial score (nSPS) is 11.5. The maximum Gasteiger partial charge on any atom is 0.193 e. The van der Waals surface area contributed by atoms with Crippen LogP contribution < -0.4 is 11.1 Å². The highest BCUT2D eigenvalue weighted by Crippen LogP contribution is 2.22. The Balaban J connectivity index is 0.00000288. The third-order valence-corrected chi connectivity index (χ3v) is 4.65. The molecule has 1 aromatic carbocycles. The van der Waals surface area contributed by atoms with Crippen LogP contribution in [0.1, 0.15) is 55.4 Å². The van der Waals surface area contributed by atoms with E-state index in [-0.39, 0.29) is 24.0 Å². The second kappa shape index (κ2) is 9.98. The van der Waals surface area contributed by atoms with Crippen molar-refractivity contribution in [3.8, 4) is 0 Å². The molecule has 0 aliphatic carbocycles. The molecule has 0 saturated carbocycles. The van der Waals surface area contributed by atoms with E-state index in [1.165, 1.54) is 11.1 Å². The quantitative estimate of drug-likeness (QED) is 0.366. The zero-order chi connectivity index (χ0) is 16.8. The van der Waals surface area contributed by atoms with E-state index in [1.54, 1.807) is 11.3 Å². The molecule has 2 rings (SSSR count). The number of thiazole rings is 1. The predicted octanol–water partition coefficient (Wildman–Crippen LogP) is 4.94. The predicted molar refractivity (Wildman–Crippen MR) is 116 cm³/mol. The van der Waals surface area contributed by atoms with Gasteiger partial charge in [-0.25, -0.2) is 9.98 Å². The van der Waals surface area contributed by atoms with E-state index in [2.05, 4.69) is 66.6 Å². The first-order valence-corrected chi connectivity index (χ1v) is 9.05. The minimum atomic E-state index is 0. The number of nitrogens with two attached hydrogens (primary N) is 1. The molecule has 0 saturated heterocycles. The van der Waals surface area contributed by atoms with Gasteiger partial charge in [0.25, 0.3) is 0 Å². The van der Waals surface area contributed by atoms with Gasteiger partial charge in [0.05, 0.1) is 12.2 Å². The average Bonchev–Trinajstić information content (AvgIpc) is 3.02. The van der Waals surface area contributed by atoms with E-state index in [1.807, 2.05) is 0 Å². The number of halogens is 1. The number of nitrogens with zero attached hydrogens (tertiary/aromatic N) is 2. The Hall–Kier alpha value is -1.15. The fourth-order valence-electron chi connectivity index (χ4n) is 2.39. The number of anilines is 1. The Kier molecular flexibility index (Phi) is 8.69. The van der Waals surface area contributed by atoms with Crippen LogP contribution in [0, 0.1) is 0 Å². The van der Waals surface area contributed by atoms with Crippen molar-refractivity contribution in [2.24, 2.45) is 10.7 Å². The number of hydrogen-bond donors (Lipinski definition) is 2. The monoisotopic (exact) mass is 458 g/mol. The molecule has 0 spiro atoms. The molecule has 3 N–H and O–H groups in total.